The van der Waals surface area contributed by atoms with Crippen LogP contribution in [-0.4, -0.2) is 33.6 Å². The first-order chi connectivity index (χ1) is 16.0. The van der Waals surface area contributed by atoms with Gasteiger partial charge < -0.3 is 9.73 Å². The van der Waals surface area contributed by atoms with Gasteiger partial charge in [-0.2, -0.15) is 5.10 Å². The Morgan fingerprint density at radius 3 is 2.55 bits per heavy atom. The van der Waals surface area contributed by atoms with E-state index in [-0.39, 0.29) is 16.9 Å². The number of Topliss-reactive ketones (excluding diaryl/α,β-unsaturated/α-hetero) is 1. The summed E-state index contributed by atoms with van der Waals surface area (Å²) in [5, 5.41) is 11.3. The Balaban J connectivity index is 1.32. The number of fused-ring (bicyclic) bond motifs is 1. The molecule has 0 radical (unpaired) electrons. The van der Waals surface area contributed by atoms with Gasteiger partial charge in [-0.25, -0.2) is 9.89 Å². The lowest BCUT2D eigenvalue weighted by Crippen LogP contribution is -2.43. The first-order valence-corrected chi connectivity index (χ1v) is 11.5. The molecule has 2 aromatic carbocycles. The minimum Gasteiger partial charge on any atom is -0.464 e. The fourth-order valence-corrected chi connectivity index (χ4v) is 5.14. The molecule has 2 aliphatic rings. The summed E-state index contributed by atoms with van der Waals surface area (Å²) >= 11 is 0. The van der Waals surface area contributed by atoms with E-state index >= 15 is 0 Å². The Kier molecular flexibility index (Phi) is 4.45. The number of hydrogen-bond donors (Lipinski definition) is 2. The van der Waals surface area contributed by atoms with Crippen molar-refractivity contribution in [3.8, 4) is 22.5 Å². The minimum absolute atomic E-state index is 0.239. The maximum absolute atomic E-state index is 13.4. The zero-order chi connectivity index (χ0) is 22.6. The second kappa shape index (κ2) is 7.28. The lowest BCUT2D eigenvalue weighted by molar-refractivity contribution is -0.133. The minimum atomic E-state index is -0.562. The molecule has 0 bridgehead atoms. The molecule has 3 heterocycles. The first-order valence-electron chi connectivity index (χ1n) is 11.5. The van der Waals surface area contributed by atoms with Gasteiger partial charge in [0.2, 0.25) is 0 Å². The van der Waals surface area contributed by atoms with Crippen LogP contribution in [-0.2, 0) is 11.3 Å². The Labute approximate surface area is 190 Å². The van der Waals surface area contributed by atoms with Gasteiger partial charge in [-0.1, -0.05) is 37.3 Å². The molecule has 7 heteroatoms. The average molecular weight is 443 g/mol. The van der Waals surface area contributed by atoms with Crippen LogP contribution in [0.15, 0.2) is 64.0 Å². The van der Waals surface area contributed by atoms with E-state index in [0.29, 0.717) is 18.9 Å². The van der Waals surface area contributed by atoms with Crippen LogP contribution in [0.25, 0.3) is 33.5 Å². The van der Waals surface area contributed by atoms with E-state index in [0.717, 1.165) is 53.5 Å². The maximum Gasteiger partial charge on any atom is 0.343 e. The molecule has 1 aliphatic carbocycles. The number of benzene rings is 2. The average Bonchev–Trinajstić information content (AvgIpc) is 3.21. The molecule has 1 atom stereocenters. The van der Waals surface area contributed by atoms with E-state index in [9.17, 15) is 9.59 Å². The van der Waals surface area contributed by atoms with Crippen molar-refractivity contribution in [1.29, 1.82) is 0 Å². The van der Waals surface area contributed by atoms with Crippen molar-refractivity contribution in [2.24, 2.45) is 10.8 Å². The van der Waals surface area contributed by atoms with Gasteiger partial charge >= 0.3 is 5.69 Å². The number of H-pyrrole nitrogens is 1. The third-order valence-corrected chi connectivity index (χ3v) is 7.42. The number of furan rings is 1. The standard InChI is InChI=1S/C26H26N4O3/c1-25(9-10-25)23(31)26(11-12-27-15-26)16-30-22(28-29-24(30)32)18-4-2-17(3-5-18)19-6-7-21-20(14-19)8-13-33-21/h2-8,13-14,27H,9-12,15-16H2,1H3,(H,29,32)/t26-/m1/s1. The van der Waals surface area contributed by atoms with Crippen LogP contribution in [0.3, 0.4) is 0 Å². The van der Waals surface area contributed by atoms with E-state index < -0.39 is 5.41 Å². The van der Waals surface area contributed by atoms with Crippen LogP contribution in [0.5, 0.6) is 0 Å². The third-order valence-electron chi connectivity index (χ3n) is 7.42. The van der Waals surface area contributed by atoms with Crippen molar-refractivity contribution < 1.29 is 9.21 Å². The molecule has 1 aliphatic heterocycles. The Morgan fingerprint density at radius 1 is 1.06 bits per heavy atom. The number of nitrogens with one attached hydrogen (secondary N) is 2. The number of ketones is 1. The fraction of sp³-hybridized carbons (Fsp3) is 0.346. The molecule has 0 unspecified atom stereocenters. The largest absolute Gasteiger partial charge is 0.464 e. The smallest absolute Gasteiger partial charge is 0.343 e. The number of carbonyl (C=O) groups excluding carboxylic acids is 1. The molecule has 2 N–H and O–H groups in total. The molecule has 168 valence electrons. The number of aromatic nitrogens is 3. The van der Waals surface area contributed by atoms with Crippen molar-refractivity contribution >= 4 is 16.8 Å². The molecular formula is C26H26N4O3. The van der Waals surface area contributed by atoms with Crippen molar-refractivity contribution in [3.05, 3.63) is 65.3 Å². The van der Waals surface area contributed by atoms with E-state index in [1.165, 1.54) is 0 Å². The quantitative estimate of drug-likeness (QED) is 0.471. The highest BCUT2D eigenvalue weighted by atomic mass is 16.3. The first kappa shape index (κ1) is 20.2. The van der Waals surface area contributed by atoms with E-state index in [1.54, 1.807) is 10.8 Å². The van der Waals surface area contributed by atoms with Crippen molar-refractivity contribution in [2.45, 2.75) is 32.7 Å². The number of nitrogens with zero attached hydrogens (tertiary/aromatic N) is 2. The Morgan fingerprint density at radius 2 is 1.82 bits per heavy atom. The molecule has 2 aromatic heterocycles. The molecule has 1 saturated heterocycles. The van der Waals surface area contributed by atoms with E-state index in [4.69, 9.17) is 4.42 Å². The second-order valence-electron chi connectivity index (χ2n) is 9.79. The Hall–Kier alpha value is -3.45. The molecule has 2 fully saturated rings. The van der Waals surface area contributed by atoms with Gasteiger partial charge in [-0.15, -0.1) is 0 Å². The van der Waals surface area contributed by atoms with Crippen LogP contribution < -0.4 is 11.0 Å². The molecule has 7 nitrogen and oxygen atoms in total. The normalized spacial score (nSPS) is 21.5. The summed E-state index contributed by atoms with van der Waals surface area (Å²) in [6.07, 6.45) is 4.31. The lowest BCUT2D eigenvalue weighted by atomic mass is 9.75. The van der Waals surface area contributed by atoms with E-state index in [2.05, 4.69) is 21.6 Å². The van der Waals surface area contributed by atoms with Crippen LogP contribution >= 0.6 is 0 Å². The van der Waals surface area contributed by atoms with Crippen molar-refractivity contribution in [1.82, 2.24) is 20.1 Å². The zero-order valence-electron chi connectivity index (χ0n) is 18.6. The van der Waals surface area contributed by atoms with Crippen LogP contribution in [0.2, 0.25) is 0 Å². The van der Waals surface area contributed by atoms with Gasteiger partial charge in [0.1, 0.15) is 11.4 Å². The Bertz CT molecular complexity index is 1400. The summed E-state index contributed by atoms with van der Waals surface area (Å²) in [7, 11) is 0. The highest BCUT2D eigenvalue weighted by Gasteiger charge is 2.55. The molecule has 6 rings (SSSR count). The second-order valence-corrected chi connectivity index (χ2v) is 9.79. The highest BCUT2D eigenvalue weighted by Crippen LogP contribution is 2.51. The van der Waals surface area contributed by atoms with Gasteiger partial charge in [-0.3, -0.25) is 9.36 Å². The number of hydrogen-bond acceptors (Lipinski definition) is 5. The summed E-state index contributed by atoms with van der Waals surface area (Å²) in [6, 6.07) is 16.1. The number of carbonyl (C=O) groups is 1. The topological polar surface area (TPSA) is 92.9 Å². The van der Waals surface area contributed by atoms with Gasteiger partial charge in [0, 0.05) is 29.5 Å². The number of rotatable bonds is 6. The van der Waals surface area contributed by atoms with Gasteiger partial charge in [0.15, 0.2) is 5.82 Å². The van der Waals surface area contributed by atoms with E-state index in [1.807, 2.05) is 49.4 Å². The number of aromatic amines is 1. The van der Waals surface area contributed by atoms with Crippen LogP contribution in [0.1, 0.15) is 26.2 Å². The van der Waals surface area contributed by atoms with Crippen molar-refractivity contribution in [3.63, 3.8) is 0 Å². The van der Waals surface area contributed by atoms with Crippen molar-refractivity contribution in [2.75, 3.05) is 13.1 Å². The highest BCUT2D eigenvalue weighted by molar-refractivity contribution is 5.92. The summed E-state index contributed by atoms with van der Waals surface area (Å²) in [5.41, 5.74) is 2.78. The predicted molar refractivity (Wildman–Crippen MR) is 126 cm³/mol. The molecule has 0 amide bonds. The summed E-state index contributed by atoms with van der Waals surface area (Å²) < 4.78 is 7.07. The van der Waals surface area contributed by atoms with Gasteiger partial charge in [-0.05, 0) is 55.1 Å². The summed E-state index contributed by atoms with van der Waals surface area (Å²) in [4.78, 5) is 26.1. The van der Waals surface area contributed by atoms with Crippen LogP contribution in [0.4, 0.5) is 0 Å². The zero-order valence-corrected chi connectivity index (χ0v) is 18.6. The molecule has 0 spiro atoms. The summed E-state index contributed by atoms with van der Waals surface area (Å²) in [5.74, 6) is 0.848. The maximum atomic E-state index is 13.4. The predicted octanol–water partition coefficient (Wildman–Crippen LogP) is 4.00. The third kappa shape index (κ3) is 3.35. The molecule has 33 heavy (non-hydrogen) atoms. The molecular weight excluding hydrogens is 416 g/mol. The van der Waals surface area contributed by atoms with Gasteiger partial charge in [0.05, 0.1) is 11.7 Å². The fourth-order valence-electron chi connectivity index (χ4n) is 5.14. The molecule has 4 aromatic rings. The lowest BCUT2D eigenvalue weighted by Gasteiger charge is -2.30. The van der Waals surface area contributed by atoms with Crippen LogP contribution in [0, 0.1) is 10.8 Å². The SMILES string of the molecule is CC1(C(=O)[C@]2(Cn3c(-c4ccc(-c5ccc6occc6c5)cc4)n[nH]c3=O)CCNC2)CC1. The van der Waals surface area contributed by atoms with Gasteiger partial charge in [0.25, 0.3) is 0 Å². The molecule has 1 saturated carbocycles. The monoisotopic (exact) mass is 442 g/mol. The summed E-state index contributed by atoms with van der Waals surface area (Å²) in [6.45, 7) is 3.79.